The van der Waals surface area contributed by atoms with Gasteiger partial charge in [0.15, 0.2) is 0 Å². The molecule has 60 heavy (non-hydrogen) atoms. The summed E-state index contributed by atoms with van der Waals surface area (Å²) in [5, 5.41) is 7.68. The number of amidine groups is 2. The summed E-state index contributed by atoms with van der Waals surface area (Å²) in [6, 6.07) is 29.9. The summed E-state index contributed by atoms with van der Waals surface area (Å²) >= 11 is 0. The van der Waals surface area contributed by atoms with Crippen molar-refractivity contribution in [3.8, 4) is 0 Å². The van der Waals surface area contributed by atoms with Gasteiger partial charge in [0.2, 0.25) is 0 Å². The van der Waals surface area contributed by atoms with Gasteiger partial charge in [-0.15, -0.1) is 0 Å². The van der Waals surface area contributed by atoms with E-state index in [4.69, 9.17) is 9.98 Å². The molecule has 0 saturated carbocycles. The molecule has 0 aromatic heterocycles. The van der Waals surface area contributed by atoms with Crippen LogP contribution in [0.5, 0.6) is 0 Å². The Morgan fingerprint density at radius 1 is 0.633 bits per heavy atom. The van der Waals surface area contributed by atoms with Crippen LogP contribution < -0.4 is 10.6 Å². The summed E-state index contributed by atoms with van der Waals surface area (Å²) in [6.45, 7) is 0. The average molecular weight is 787 g/mol. The van der Waals surface area contributed by atoms with Crippen molar-refractivity contribution in [3.05, 3.63) is 202 Å². The largest absolute Gasteiger partial charge is 0.384 e. The lowest BCUT2D eigenvalue weighted by Gasteiger charge is -2.36. The Balaban J connectivity index is 0.911. The van der Waals surface area contributed by atoms with Crippen LogP contribution in [0.2, 0.25) is 0 Å². The highest BCUT2D eigenvalue weighted by molar-refractivity contribution is 6.08. The number of nitrogens with zero attached hydrogens (tertiary/aromatic N) is 2. The number of benzene rings is 3. The predicted octanol–water partition coefficient (Wildman–Crippen LogP) is 13.5. The van der Waals surface area contributed by atoms with Crippen LogP contribution in [0.15, 0.2) is 184 Å². The number of aliphatic imine (C=N–C) groups is 2. The molecule has 2 aliphatic heterocycles. The topological polar surface area (TPSA) is 48.8 Å². The van der Waals surface area contributed by atoms with Crippen LogP contribution >= 0.6 is 0 Å². The predicted molar refractivity (Wildman–Crippen MR) is 252 cm³/mol. The molecule has 3 aromatic carbocycles. The number of allylic oxidation sites excluding steroid dienone is 15. The summed E-state index contributed by atoms with van der Waals surface area (Å²) in [7, 11) is 0. The summed E-state index contributed by atoms with van der Waals surface area (Å²) < 4.78 is 0. The zero-order valence-electron chi connectivity index (χ0n) is 34.9. The molecule has 0 amide bonds. The molecule has 2 heterocycles. The highest BCUT2D eigenvalue weighted by atomic mass is 15.2. The Morgan fingerprint density at radius 2 is 1.50 bits per heavy atom. The van der Waals surface area contributed by atoms with Gasteiger partial charge in [-0.3, -0.25) is 0 Å². The first-order valence-electron chi connectivity index (χ1n) is 22.8. The van der Waals surface area contributed by atoms with Gasteiger partial charge in [0.1, 0.15) is 17.8 Å². The fourth-order valence-electron chi connectivity index (χ4n) is 10.4. The maximum Gasteiger partial charge on any atom is 0.147 e. The van der Waals surface area contributed by atoms with E-state index in [1.165, 1.54) is 80.5 Å². The summed E-state index contributed by atoms with van der Waals surface area (Å²) in [5.41, 5.74) is 15.1. The van der Waals surface area contributed by atoms with E-state index >= 15 is 0 Å². The van der Waals surface area contributed by atoms with Crippen LogP contribution in [0, 0.1) is 5.92 Å². The SMILES string of the molecule is C1=CCCC(C2NC=C(c3ccccc3)CC2c2cccc(C3=CCC(C4=NC(c5ccc(C6C=CCCC6)cc5)NC(C5=CC=C(C6=CCCC=C6)CC5)=N4)CC3)c2)=C1. The number of hydrogen-bond acceptors (Lipinski definition) is 4. The molecule has 4 heteroatoms. The molecule has 302 valence electrons. The van der Waals surface area contributed by atoms with Crippen LogP contribution in [-0.4, -0.2) is 17.7 Å². The summed E-state index contributed by atoms with van der Waals surface area (Å²) in [4.78, 5) is 10.8. The second kappa shape index (κ2) is 17.9. The van der Waals surface area contributed by atoms with Crippen molar-refractivity contribution in [2.45, 2.75) is 108 Å². The minimum Gasteiger partial charge on any atom is -0.384 e. The zero-order chi connectivity index (χ0) is 40.1. The van der Waals surface area contributed by atoms with Crippen LogP contribution in [0.1, 0.15) is 129 Å². The van der Waals surface area contributed by atoms with E-state index in [0.29, 0.717) is 17.9 Å². The number of nitrogens with one attached hydrogen (secondary N) is 2. The van der Waals surface area contributed by atoms with Crippen LogP contribution in [0.25, 0.3) is 11.1 Å². The van der Waals surface area contributed by atoms with Crippen molar-refractivity contribution in [2.24, 2.45) is 15.9 Å². The summed E-state index contributed by atoms with van der Waals surface area (Å²) in [5.74, 6) is 3.16. The van der Waals surface area contributed by atoms with Gasteiger partial charge in [-0.2, -0.15) is 0 Å². The van der Waals surface area contributed by atoms with Gasteiger partial charge >= 0.3 is 0 Å². The Bertz CT molecular complexity index is 2420. The van der Waals surface area contributed by atoms with Crippen molar-refractivity contribution in [2.75, 3.05) is 0 Å². The molecular formula is C56H58N4. The maximum atomic E-state index is 5.40. The normalized spacial score (nSPS) is 26.5. The highest BCUT2D eigenvalue weighted by Gasteiger charge is 2.32. The molecule has 0 saturated heterocycles. The minimum atomic E-state index is -0.151. The zero-order valence-corrected chi connectivity index (χ0v) is 34.9. The molecule has 3 aromatic rings. The Kier molecular flexibility index (Phi) is 11.4. The van der Waals surface area contributed by atoms with Crippen molar-refractivity contribution < 1.29 is 0 Å². The molecule has 7 aliphatic rings. The first-order chi connectivity index (χ1) is 29.7. The second-order valence-electron chi connectivity index (χ2n) is 17.7. The third-order valence-electron chi connectivity index (χ3n) is 13.8. The molecule has 0 fully saturated rings. The molecule has 5 aliphatic carbocycles. The lowest BCUT2D eigenvalue weighted by molar-refractivity contribution is 0.506. The molecular weight excluding hydrogens is 729 g/mol. The Labute approximate surface area is 357 Å². The van der Waals surface area contributed by atoms with Crippen LogP contribution in [-0.2, 0) is 0 Å². The van der Waals surface area contributed by atoms with Crippen LogP contribution in [0.4, 0.5) is 0 Å². The average Bonchev–Trinajstić information content (AvgIpc) is 3.35. The number of hydrogen-bond donors (Lipinski definition) is 2. The van der Waals surface area contributed by atoms with Gasteiger partial charge in [-0.1, -0.05) is 146 Å². The molecule has 10 rings (SSSR count). The molecule has 4 nitrogen and oxygen atoms in total. The van der Waals surface area contributed by atoms with Gasteiger partial charge in [-0.25, -0.2) is 9.98 Å². The van der Waals surface area contributed by atoms with Gasteiger partial charge in [0.25, 0.3) is 0 Å². The van der Waals surface area contributed by atoms with E-state index in [-0.39, 0.29) is 12.1 Å². The molecule has 5 unspecified atom stereocenters. The van der Waals surface area contributed by atoms with Gasteiger partial charge < -0.3 is 10.6 Å². The van der Waals surface area contributed by atoms with Crippen molar-refractivity contribution >= 4 is 22.8 Å². The quantitative estimate of drug-likeness (QED) is 0.212. The van der Waals surface area contributed by atoms with Gasteiger partial charge in [0.05, 0.1) is 6.04 Å². The Hall–Kier alpha value is -5.74. The second-order valence-corrected chi connectivity index (χ2v) is 17.7. The first-order valence-corrected chi connectivity index (χ1v) is 22.8. The highest BCUT2D eigenvalue weighted by Crippen LogP contribution is 2.41. The maximum absolute atomic E-state index is 5.40. The van der Waals surface area contributed by atoms with Crippen molar-refractivity contribution in [3.63, 3.8) is 0 Å². The van der Waals surface area contributed by atoms with Gasteiger partial charge in [-0.05, 0) is 145 Å². The van der Waals surface area contributed by atoms with E-state index < -0.39 is 0 Å². The molecule has 0 radical (unpaired) electrons. The van der Waals surface area contributed by atoms with E-state index in [1.807, 2.05) is 0 Å². The van der Waals surface area contributed by atoms with Crippen molar-refractivity contribution in [1.29, 1.82) is 0 Å². The molecule has 0 bridgehead atoms. The smallest absolute Gasteiger partial charge is 0.147 e. The third kappa shape index (κ3) is 8.48. The minimum absolute atomic E-state index is 0.151. The third-order valence-corrected chi connectivity index (χ3v) is 13.8. The van der Waals surface area contributed by atoms with E-state index in [2.05, 4.69) is 163 Å². The lowest BCUT2D eigenvalue weighted by atomic mass is 9.76. The molecule has 0 spiro atoms. The van der Waals surface area contributed by atoms with E-state index in [1.54, 1.807) is 0 Å². The summed E-state index contributed by atoms with van der Waals surface area (Å²) in [6.07, 6.45) is 42.2. The van der Waals surface area contributed by atoms with Crippen LogP contribution in [0.3, 0.4) is 0 Å². The number of rotatable bonds is 9. The van der Waals surface area contributed by atoms with E-state index in [9.17, 15) is 0 Å². The fourth-order valence-corrected chi connectivity index (χ4v) is 10.4. The van der Waals surface area contributed by atoms with Crippen molar-refractivity contribution in [1.82, 2.24) is 10.6 Å². The van der Waals surface area contributed by atoms with E-state index in [0.717, 1.165) is 75.9 Å². The lowest BCUT2D eigenvalue weighted by Crippen LogP contribution is -2.37. The Morgan fingerprint density at radius 3 is 2.27 bits per heavy atom. The van der Waals surface area contributed by atoms with Gasteiger partial charge in [0, 0.05) is 24.0 Å². The molecule has 5 atom stereocenters. The fraction of sp³-hybridized carbons (Fsp3) is 0.321. The standard InChI is InChI=1S/C56H58N4/c1-5-14-39(15-6-1)42-24-30-46(31-25-42)54-58-55(47-32-26-43(27-33-47)40-16-7-2-8-17-40)60-56(59-54)48-34-28-44(29-35-48)49-22-13-23-50(36-49)52-37-51(41-18-9-3-10-19-41)38-57-53(52)45-20-11-4-12-21-45/h3-5,7,9-11,13-16,18-20,22-24,26-28,30,32-33,36,38,40,48,52-53,55,57H,1-2,6,8,12,17,21,25,29,31,34-35,37H2,(H,58,59,60). The monoisotopic (exact) mass is 786 g/mol. The molecule has 2 N–H and O–H groups in total. The first kappa shape index (κ1) is 38.5.